The van der Waals surface area contributed by atoms with Crippen molar-refractivity contribution in [2.24, 2.45) is 0 Å². The summed E-state index contributed by atoms with van der Waals surface area (Å²) in [6.07, 6.45) is 0.730. The Morgan fingerprint density at radius 1 is 1.21 bits per heavy atom. The molecule has 0 aromatic heterocycles. The molecule has 2 rings (SSSR count). The smallest absolute Gasteiger partial charge is 0.123 e. The lowest BCUT2D eigenvalue weighted by atomic mass is 9.98. The lowest BCUT2D eigenvalue weighted by Gasteiger charge is -2.17. The molecule has 0 spiro atoms. The Labute approximate surface area is 118 Å². The predicted molar refractivity (Wildman–Crippen MR) is 78.1 cm³/mol. The highest BCUT2D eigenvalue weighted by Crippen LogP contribution is 2.24. The van der Waals surface area contributed by atoms with Gasteiger partial charge >= 0.3 is 0 Å². The molecule has 3 heteroatoms. The molecule has 0 aliphatic heterocycles. The molecule has 0 heterocycles. The van der Waals surface area contributed by atoms with Crippen molar-refractivity contribution in [2.75, 3.05) is 7.05 Å². The van der Waals surface area contributed by atoms with E-state index in [9.17, 15) is 4.39 Å². The van der Waals surface area contributed by atoms with E-state index in [1.165, 1.54) is 6.07 Å². The van der Waals surface area contributed by atoms with E-state index in [0.29, 0.717) is 0 Å². The first-order valence-electron chi connectivity index (χ1n) is 6.28. The van der Waals surface area contributed by atoms with Crippen LogP contribution in [0, 0.1) is 12.7 Å². The second-order valence-corrected chi connectivity index (χ2v) is 5.09. The third-order valence-corrected chi connectivity index (χ3v) is 3.68. The van der Waals surface area contributed by atoms with Gasteiger partial charge in [-0.15, -0.1) is 0 Å². The SMILES string of the molecule is CNC(Cc1cccc(F)c1)c1ccc(C)c(Cl)c1. The molecule has 0 bridgehead atoms. The molecule has 2 aromatic carbocycles. The molecule has 1 nitrogen and oxygen atoms in total. The van der Waals surface area contributed by atoms with E-state index in [4.69, 9.17) is 11.6 Å². The zero-order chi connectivity index (χ0) is 13.8. The molecule has 0 saturated heterocycles. The maximum atomic E-state index is 13.2. The Balaban J connectivity index is 2.22. The van der Waals surface area contributed by atoms with E-state index in [2.05, 4.69) is 11.4 Å². The van der Waals surface area contributed by atoms with E-state index in [1.54, 1.807) is 12.1 Å². The van der Waals surface area contributed by atoms with E-state index >= 15 is 0 Å². The fourth-order valence-electron chi connectivity index (χ4n) is 2.11. The number of halogens is 2. The maximum absolute atomic E-state index is 13.2. The Kier molecular flexibility index (Phi) is 4.56. The Hall–Kier alpha value is -1.38. The normalized spacial score (nSPS) is 12.4. The summed E-state index contributed by atoms with van der Waals surface area (Å²) in [6.45, 7) is 1.98. The third-order valence-electron chi connectivity index (χ3n) is 3.28. The standard InChI is InChI=1S/C16H17ClFN/c1-11-6-7-13(10-15(11)17)16(19-2)9-12-4-3-5-14(18)8-12/h3-8,10,16,19H,9H2,1-2H3. The predicted octanol–water partition coefficient (Wildman–Crippen LogP) is 4.29. The highest BCUT2D eigenvalue weighted by atomic mass is 35.5. The van der Waals surface area contributed by atoms with Gasteiger partial charge in [-0.25, -0.2) is 4.39 Å². The maximum Gasteiger partial charge on any atom is 0.123 e. The van der Waals surface area contributed by atoms with Crippen molar-refractivity contribution in [3.8, 4) is 0 Å². The van der Waals surface area contributed by atoms with Crippen molar-refractivity contribution in [1.29, 1.82) is 0 Å². The molecule has 0 aliphatic carbocycles. The van der Waals surface area contributed by atoms with Crippen LogP contribution in [0.15, 0.2) is 42.5 Å². The lowest BCUT2D eigenvalue weighted by Crippen LogP contribution is -2.19. The molecule has 0 amide bonds. The molecule has 0 fully saturated rings. The average Bonchev–Trinajstić information content (AvgIpc) is 2.39. The van der Waals surface area contributed by atoms with Gasteiger partial charge in [0.15, 0.2) is 0 Å². The molecule has 0 saturated carbocycles. The van der Waals surface area contributed by atoms with Gasteiger partial charge in [-0.05, 0) is 55.3 Å². The van der Waals surface area contributed by atoms with Crippen LogP contribution in [0.3, 0.4) is 0 Å². The quantitative estimate of drug-likeness (QED) is 0.879. The van der Waals surface area contributed by atoms with Crippen molar-refractivity contribution in [3.05, 3.63) is 70.0 Å². The number of hydrogen-bond donors (Lipinski definition) is 1. The van der Waals surface area contributed by atoms with Crippen molar-refractivity contribution < 1.29 is 4.39 Å². The summed E-state index contributed by atoms with van der Waals surface area (Å²) in [6, 6.07) is 12.9. The van der Waals surface area contributed by atoms with Gasteiger partial charge in [-0.3, -0.25) is 0 Å². The summed E-state index contributed by atoms with van der Waals surface area (Å²) in [5.41, 5.74) is 3.14. The van der Waals surface area contributed by atoms with Crippen LogP contribution in [0.25, 0.3) is 0 Å². The summed E-state index contributed by atoms with van der Waals surface area (Å²) < 4.78 is 13.2. The van der Waals surface area contributed by atoms with Crippen molar-refractivity contribution in [1.82, 2.24) is 5.32 Å². The zero-order valence-electron chi connectivity index (χ0n) is 11.1. The van der Waals surface area contributed by atoms with Crippen molar-refractivity contribution in [2.45, 2.75) is 19.4 Å². The van der Waals surface area contributed by atoms with E-state index < -0.39 is 0 Å². The molecule has 0 radical (unpaired) electrons. The largest absolute Gasteiger partial charge is 0.313 e. The molecule has 19 heavy (non-hydrogen) atoms. The summed E-state index contributed by atoms with van der Waals surface area (Å²) in [7, 11) is 1.90. The minimum atomic E-state index is -0.200. The fraction of sp³-hybridized carbons (Fsp3) is 0.250. The third kappa shape index (κ3) is 3.55. The molecule has 100 valence electrons. The van der Waals surface area contributed by atoms with Crippen LogP contribution < -0.4 is 5.32 Å². The van der Waals surface area contributed by atoms with Gasteiger partial charge in [0.1, 0.15) is 5.82 Å². The summed E-state index contributed by atoms with van der Waals surface area (Å²) in [4.78, 5) is 0. The number of likely N-dealkylation sites (N-methyl/N-ethyl adjacent to an activating group) is 1. The fourth-order valence-corrected chi connectivity index (χ4v) is 2.30. The highest BCUT2D eigenvalue weighted by Gasteiger charge is 2.11. The van der Waals surface area contributed by atoms with Gasteiger partial charge in [0.05, 0.1) is 0 Å². The minimum absolute atomic E-state index is 0.125. The Bertz CT molecular complexity index is 568. The Morgan fingerprint density at radius 2 is 2.00 bits per heavy atom. The highest BCUT2D eigenvalue weighted by molar-refractivity contribution is 6.31. The topological polar surface area (TPSA) is 12.0 Å². The first kappa shape index (κ1) is 14.0. The first-order chi connectivity index (χ1) is 9.10. The summed E-state index contributed by atoms with van der Waals surface area (Å²) in [5, 5.41) is 4.01. The van der Waals surface area contributed by atoms with Crippen molar-refractivity contribution >= 4 is 11.6 Å². The van der Waals surface area contributed by atoms with Gasteiger partial charge in [-0.2, -0.15) is 0 Å². The number of benzene rings is 2. The molecule has 1 atom stereocenters. The van der Waals surface area contributed by atoms with Crippen LogP contribution in [-0.2, 0) is 6.42 Å². The van der Waals surface area contributed by atoms with Crippen LogP contribution in [0.5, 0.6) is 0 Å². The molecule has 0 aliphatic rings. The molecule has 1 unspecified atom stereocenters. The Morgan fingerprint density at radius 3 is 2.63 bits per heavy atom. The molecule has 1 N–H and O–H groups in total. The molecular formula is C16H17ClFN. The van der Waals surface area contributed by atoms with Crippen LogP contribution in [0.2, 0.25) is 5.02 Å². The second kappa shape index (κ2) is 6.18. The second-order valence-electron chi connectivity index (χ2n) is 4.68. The van der Waals surface area contributed by atoms with Crippen LogP contribution in [0.1, 0.15) is 22.7 Å². The van der Waals surface area contributed by atoms with Gasteiger partial charge in [0.2, 0.25) is 0 Å². The van der Waals surface area contributed by atoms with Crippen LogP contribution in [0.4, 0.5) is 4.39 Å². The lowest BCUT2D eigenvalue weighted by molar-refractivity contribution is 0.584. The minimum Gasteiger partial charge on any atom is -0.313 e. The van der Waals surface area contributed by atoms with Crippen molar-refractivity contribution in [3.63, 3.8) is 0 Å². The summed E-state index contributed by atoms with van der Waals surface area (Å²) >= 11 is 6.16. The van der Waals surface area contributed by atoms with Gasteiger partial charge in [0.25, 0.3) is 0 Å². The monoisotopic (exact) mass is 277 g/mol. The van der Waals surface area contributed by atoms with Crippen LogP contribution >= 0.6 is 11.6 Å². The average molecular weight is 278 g/mol. The van der Waals surface area contributed by atoms with Crippen LogP contribution in [-0.4, -0.2) is 7.05 Å². The molecular weight excluding hydrogens is 261 g/mol. The van der Waals surface area contributed by atoms with Gasteiger partial charge in [0, 0.05) is 11.1 Å². The van der Waals surface area contributed by atoms with E-state index in [0.717, 1.165) is 28.1 Å². The number of hydrogen-bond acceptors (Lipinski definition) is 1. The summed E-state index contributed by atoms with van der Waals surface area (Å²) in [5.74, 6) is -0.200. The number of aryl methyl sites for hydroxylation is 1. The van der Waals surface area contributed by atoms with Gasteiger partial charge < -0.3 is 5.32 Å². The molecule has 2 aromatic rings. The number of rotatable bonds is 4. The zero-order valence-corrected chi connectivity index (χ0v) is 11.8. The van der Waals surface area contributed by atoms with Gasteiger partial charge in [-0.1, -0.05) is 35.9 Å². The van der Waals surface area contributed by atoms with E-state index in [-0.39, 0.29) is 11.9 Å². The van der Waals surface area contributed by atoms with E-state index in [1.807, 2.05) is 32.2 Å². The first-order valence-corrected chi connectivity index (χ1v) is 6.65. The number of nitrogens with one attached hydrogen (secondary N) is 1.